The van der Waals surface area contributed by atoms with Gasteiger partial charge in [0.15, 0.2) is 0 Å². The Morgan fingerprint density at radius 2 is 1.58 bits per heavy atom. The molecule has 0 saturated carbocycles. The van der Waals surface area contributed by atoms with Crippen molar-refractivity contribution in [2.24, 2.45) is 17.6 Å². The summed E-state index contributed by atoms with van der Waals surface area (Å²) in [4.78, 5) is 31.1. The zero-order chi connectivity index (χ0) is 38.3. The Morgan fingerprint density at radius 3 is 2.08 bits per heavy atom. The monoisotopic (exact) mass is 728 g/mol. The minimum Gasteiger partial charge on any atom is -0.444 e. The molecule has 3 rings (SSSR count). The molecule has 0 aliphatic carbocycles. The molecule has 2 fully saturated rings. The van der Waals surface area contributed by atoms with Crippen molar-refractivity contribution in [1.29, 1.82) is 0 Å². The van der Waals surface area contributed by atoms with E-state index in [0.29, 0.717) is 39.1 Å². The van der Waals surface area contributed by atoms with Crippen LogP contribution in [0.25, 0.3) is 0 Å². The second kappa shape index (κ2) is 20.6. The summed E-state index contributed by atoms with van der Waals surface area (Å²) < 4.78 is 69.5. The van der Waals surface area contributed by atoms with E-state index in [2.05, 4.69) is 24.5 Å². The lowest BCUT2D eigenvalue weighted by Gasteiger charge is -2.46. The van der Waals surface area contributed by atoms with Crippen LogP contribution >= 0.6 is 0 Å². The van der Waals surface area contributed by atoms with Crippen LogP contribution in [0.3, 0.4) is 0 Å². The summed E-state index contributed by atoms with van der Waals surface area (Å²) in [5.74, 6) is 0.389. The fourth-order valence-electron chi connectivity index (χ4n) is 5.86. The Hall–Kier alpha value is -3.16. The number of nitrogens with two attached hydrogens (primary N) is 1. The van der Waals surface area contributed by atoms with E-state index in [-0.39, 0.29) is 35.9 Å². The molecular weight excluding hydrogens is 669 g/mol. The van der Waals surface area contributed by atoms with Crippen molar-refractivity contribution >= 4 is 21.8 Å². The van der Waals surface area contributed by atoms with Gasteiger partial charge in [-0.25, -0.2) is 13.2 Å². The van der Waals surface area contributed by atoms with Crippen LogP contribution in [-0.4, -0.2) is 92.0 Å². The number of allylic oxidation sites excluding steroid dienone is 4. The number of amides is 2. The number of likely N-dealkylation sites (tertiary alicyclic amines) is 1. The fraction of sp³-hybridized carbons (Fsp3) is 0.622. The minimum absolute atomic E-state index is 0.0807. The molecule has 2 N–H and O–H groups in total. The Bertz CT molecular complexity index is 1380. The maximum atomic E-state index is 13.6. The normalized spacial score (nSPS) is 19.2. The molecule has 2 aliphatic heterocycles. The number of hydrogen-bond donors (Lipinski definition) is 1. The number of ether oxygens (including phenoxy) is 1. The lowest BCUT2D eigenvalue weighted by molar-refractivity contribution is -0.139. The largest absolute Gasteiger partial charge is 0.501 e. The minimum atomic E-state index is -5.51. The molecule has 2 saturated heterocycles. The zero-order valence-electron chi connectivity index (χ0n) is 31.2. The van der Waals surface area contributed by atoms with Crippen molar-refractivity contribution in [2.75, 3.05) is 39.8 Å². The first-order valence-electron chi connectivity index (χ1n) is 17.4. The second-order valence-electron chi connectivity index (χ2n) is 13.3. The molecule has 284 valence electrons. The van der Waals surface area contributed by atoms with Crippen LogP contribution in [0, 0.1) is 11.8 Å². The maximum Gasteiger partial charge on any atom is 0.501 e. The first-order valence-corrected chi connectivity index (χ1v) is 18.9. The van der Waals surface area contributed by atoms with E-state index in [1.165, 1.54) is 26.1 Å². The van der Waals surface area contributed by atoms with Gasteiger partial charge in [0, 0.05) is 45.2 Å². The van der Waals surface area contributed by atoms with Gasteiger partial charge in [-0.05, 0) is 77.1 Å². The number of sulfone groups is 1. The van der Waals surface area contributed by atoms with E-state index in [1.54, 1.807) is 11.0 Å². The smallest absolute Gasteiger partial charge is 0.444 e. The first kappa shape index (κ1) is 44.9. The number of carbonyl (C=O) groups excluding carboxylic acids is 2. The second-order valence-corrected chi connectivity index (χ2v) is 15.2. The molecule has 1 aromatic rings. The lowest BCUT2D eigenvalue weighted by Crippen LogP contribution is -2.57. The highest BCUT2D eigenvalue weighted by molar-refractivity contribution is 7.96. The number of benzene rings is 1. The van der Waals surface area contributed by atoms with Gasteiger partial charge in [-0.1, -0.05) is 76.3 Å². The Balaban J connectivity index is 0.00000301. The summed E-state index contributed by atoms with van der Waals surface area (Å²) in [5.41, 5.74) is -0.571. The van der Waals surface area contributed by atoms with E-state index in [4.69, 9.17) is 4.74 Å². The summed E-state index contributed by atoms with van der Waals surface area (Å²) in [7, 11) is -4.01. The van der Waals surface area contributed by atoms with Gasteiger partial charge in [-0.3, -0.25) is 9.69 Å². The number of halogens is 3. The summed E-state index contributed by atoms with van der Waals surface area (Å²) in [6.45, 7) is 17.7. The van der Waals surface area contributed by atoms with Gasteiger partial charge in [0.2, 0.25) is 5.91 Å². The molecule has 0 bridgehead atoms. The fourth-order valence-corrected chi connectivity index (χ4v) is 6.70. The SMILES string of the molecule is CC.CN.C\C=C/C(=C\C=C\C(c1ccccc1)N1CCN(C(=O)CC2CCN(C(=O)OC(C)(C)C)CC2)C(C(C)C)C1)S(=O)(=O)C(F)(F)F. The predicted octanol–water partition coefficient (Wildman–Crippen LogP) is 7.49. The van der Waals surface area contributed by atoms with E-state index in [0.717, 1.165) is 30.6 Å². The standard InChI is InChI=1S/C34H48F3N3O5S.C2H6.CH5N/c1-7-12-28(46(43,44)34(35,36)37)15-11-16-29(27-13-9-8-10-14-27)39-21-22-40(30(24-39)25(2)3)31(41)23-26-17-19-38(20-18-26)32(42)45-33(4,5)6;2*1-2/h7-16,25-26,29-30H,17-24H2,1-6H3;1-2H3;2H2,1H3/b12-7-,16-11+,28-15+;;. The third-order valence-electron chi connectivity index (χ3n) is 8.30. The molecule has 2 heterocycles. The Morgan fingerprint density at radius 1 is 1.00 bits per heavy atom. The quantitative estimate of drug-likeness (QED) is 0.262. The van der Waals surface area contributed by atoms with Gasteiger partial charge in [-0.15, -0.1) is 0 Å². The highest BCUT2D eigenvalue weighted by Gasteiger charge is 2.47. The molecule has 2 unspecified atom stereocenters. The van der Waals surface area contributed by atoms with Crippen LogP contribution in [-0.2, 0) is 19.4 Å². The third kappa shape index (κ3) is 13.2. The van der Waals surface area contributed by atoms with E-state index in [9.17, 15) is 31.2 Å². The number of piperazine rings is 1. The van der Waals surface area contributed by atoms with Crippen LogP contribution in [0.15, 0.2) is 65.6 Å². The Kier molecular flexibility index (Phi) is 18.5. The van der Waals surface area contributed by atoms with Crippen LogP contribution in [0.2, 0.25) is 0 Å². The van der Waals surface area contributed by atoms with Crippen molar-refractivity contribution in [2.45, 2.75) is 97.8 Å². The van der Waals surface area contributed by atoms with Crippen molar-refractivity contribution in [1.82, 2.24) is 14.7 Å². The number of carbonyl (C=O) groups is 2. The lowest BCUT2D eigenvalue weighted by atomic mass is 9.91. The molecule has 2 atom stereocenters. The van der Waals surface area contributed by atoms with Crippen molar-refractivity contribution in [3.63, 3.8) is 0 Å². The van der Waals surface area contributed by atoms with Crippen molar-refractivity contribution in [3.05, 3.63) is 71.2 Å². The van der Waals surface area contributed by atoms with Crippen molar-refractivity contribution < 1.29 is 35.9 Å². The highest BCUT2D eigenvalue weighted by atomic mass is 32.2. The molecule has 1 aromatic carbocycles. The van der Waals surface area contributed by atoms with Gasteiger partial charge >= 0.3 is 11.6 Å². The number of rotatable bonds is 9. The average molecular weight is 729 g/mol. The summed E-state index contributed by atoms with van der Waals surface area (Å²) in [5, 5.41) is 0. The number of alkyl halides is 3. The van der Waals surface area contributed by atoms with E-state index >= 15 is 0 Å². The highest BCUT2D eigenvalue weighted by Crippen LogP contribution is 2.32. The molecule has 9 nitrogen and oxygen atoms in total. The maximum absolute atomic E-state index is 13.6. The number of hydrogen-bond acceptors (Lipinski definition) is 7. The van der Waals surface area contributed by atoms with Gasteiger partial charge in [0.05, 0.1) is 10.9 Å². The topological polar surface area (TPSA) is 113 Å². The third-order valence-corrected chi connectivity index (χ3v) is 9.81. The van der Waals surface area contributed by atoms with Crippen LogP contribution < -0.4 is 5.73 Å². The van der Waals surface area contributed by atoms with E-state index in [1.807, 2.05) is 69.9 Å². The zero-order valence-corrected chi connectivity index (χ0v) is 32.1. The van der Waals surface area contributed by atoms with Gasteiger partial charge in [0.25, 0.3) is 9.84 Å². The van der Waals surface area contributed by atoms with Crippen LogP contribution in [0.4, 0.5) is 18.0 Å². The average Bonchev–Trinajstić information content (AvgIpc) is 3.07. The molecule has 0 aromatic heterocycles. The van der Waals surface area contributed by atoms with Crippen LogP contribution in [0.5, 0.6) is 0 Å². The molecule has 50 heavy (non-hydrogen) atoms. The van der Waals surface area contributed by atoms with E-state index < -0.39 is 25.9 Å². The summed E-state index contributed by atoms with van der Waals surface area (Å²) >= 11 is 0. The van der Waals surface area contributed by atoms with Gasteiger partial charge in [-0.2, -0.15) is 13.2 Å². The number of piperidine rings is 1. The Labute approximate surface area is 298 Å². The van der Waals surface area contributed by atoms with Gasteiger partial charge < -0.3 is 20.3 Å². The van der Waals surface area contributed by atoms with Crippen LogP contribution in [0.1, 0.15) is 86.3 Å². The predicted molar refractivity (Wildman–Crippen MR) is 195 cm³/mol. The molecule has 2 amide bonds. The molecular formula is C37H59F3N4O5S. The number of nitrogens with zero attached hydrogens (tertiary/aromatic N) is 3. The van der Waals surface area contributed by atoms with Gasteiger partial charge in [0.1, 0.15) is 5.60 Å². The molecule has 2 aliphatic rings. The summed E-state index contributed by atoms with van der Waals surface area (Å²) in [6.07, 6.45) is 7.77. The molecule has 0 radical (unpaired) electrons. The molecule has 0 spiro atoms. The molecule has 13 heteroatoms. The van der Waals surface area contributed by atoms with Crippen molar-refractivity contribution in [3.8, 4) is 0 Å². The summed E-state index contributed by atoms with van der Waals surface area (Å²) in [6, 6.07) is 9.01. The first-order chi connectivity index (χ1) is 23.4.